The van der Waals surface area contributed by atoms with Crippen LogP contribution in [0.3, 0.4) is 0 Å². The molecular weight excluding hydrogens is 414 g/mol. The fourth-order valence-electron chi connectivity index (χ4n) is 3.20. The number of nitrogens with one attached hydrogen (secondary N) is 2. The maximum Gasteiger partial charge on any atom is 0.261 e. The summed E-state index contributed by atoms with van der Waals surface area (Å²) in [6.07, 6.45) is 0. The highest BCUT2D eigenvalue weighted by Gasteiger charge is 2.21. The summed E-state index contributed by atoms with van der Waals surface area (Å²) >= 11 is 0. The second kappa shape index (κ2) is 10.7. The topological polar surface area (TPSA) is 79.9 Å². The van der Waals surface area contributed by atoms with Gasteiger partial charge in [-0.05, 0) is 31.2 Å². The Hall–Kier alpha value is -2.00. The fraction of sp³-hybridized carbons (Fsp3) is 0.400. The zero-order valence-corrected chi connectivity index (χ0v) is 18.3. The van der Waals surface area contributed by atoms with Crippen LogP contribution in [0.25, 0.3) is 0 Å². The van der Waals surface area contributed by atoms with Crippen molar-refractivity contribution in [2.24, 2.45) is 0 Å². The molecule has 160 valence electrons. The minimum Gasteiger partial charge on any atom is -0.492 e. The summed E-state index contributed by atoms with van der Waals surface area (Å²) in [6.45, 7) is 6.07. The normalized spacial score (nSPS) is 14.2. The van der Waals surface area contributed by atoms with Crippen LogP contribution >= 0.6 is 12.4 Å². The van der Waals surface area contributed by atoms with Crippen LogP contribution in [-0.2, 0) is 21.4 Å². The lowest BCUT2D eigenvalue weighted by atomic mass is 10.2. The van der Waals surface area contributed by atoms with Gasteiger partial charge in [0.15, 0.2) is 0 Å². The summed E-state index contributed by atoms with van der Waals surface area (Å²) in [5, 5.41) is 3.31. The van der Waals surface area contributed by atoms with E-state index in [1.165, 1.54) is 0 Å². The van der Waals surface area contributed by atoms with E-state index in [0.717, 1.165) is 37.4 Å². The van der Waals surface area contributed by atoms with Crippen molar-refractivity contribution >= 4 is 33.8 Å². The number of nitrogens with zero attached hydrogens (tertiary/aromatic N) is 1. The molecule has 9 heteroatoms. The van der Waals surface area contributed by atoms with E-state index in [0.29, 0.717) is 24.7 Å². The molecule has 7 nitrogen and oxygen atoms in total. The predicted octanol–water partition coefficient (Wildman–Crippen LogP) is 2.86. The van der Waals surface area contributed by atoms with Crippen LogP contribution in [0.2, 0.25) is 0 Å². The number of methoxy groups -OCH3 is 1. The van der Waals surface area contributed by atoms with Gasteiger partial charge in [0, 0.05) is 38.9 Å². The molecule has 2 N–H and O–H groups in total. The minimum absolute atomic E-state index is 0. The van der Waals surface area contributed by atoms with E-state index in [2.05, 4.69) is 14.9 Å². The van der Waals surface area contributed by atoms with E-state index in [4.69, 9.17) is 9.47 Å². The summed E-state index contributed by atoms with van der Waals surface area (Å²) in [4.78, 5) is 2.36. The number of hydrogen-bond donors (Lipinski definition) is 2. The Labute approximate surface area is 178 Å². The molecule has 1 saturated heterocycles. The van der Waals surface area contributed by atoms with E-state index >= 15 is 0 Å². The zero-order chi connectivity index (χ0) is 20.0. The summed E-state index contributed by atoms with van der Waals surface area (Å²) in [6, 6.07) is 12.2. The quantitative estimate of drug-likeness (QED) is 0.655. The zero-order valence-electron chi connectivity index (χ0n) is 16.7. The molecule has 0 aromatic heterocycles. The summed E-state index contributed by atoms with van der Waals surface area (Å²) in [7, 11) is -2.17. The van der Waals surface area contributed by atoms with Crippen LogP contribution < -0.4 is 19.7 Å². The SMILES string of the molecule is CCOc1ccc(S(=O)(=O)Nc2ccccc2COC)cc1N1CCNCC1.Cl. The van der Waals surface area contributed by atoms with Gasteiger partial charge in [-0.2, -0.15) is 0 Å². The molecule has 1 aliphatic rings. The molecule has 2 aromatic rings. The minimum atomic E-state index is -3.75. The Kier molecular flexibility index (Phi) is 8.58. The molecule has 1 aliphatic heterocycles. The van der Waals surface area contributed by atoms with Crippen molar-refractivity contribution < 1.29 is 17.9 Å². The predicted molar refractivity (Wildman–Crippen MR) is 118 cm³/mol. The third-order valence-corrected chi connectivity index (χ3v) is 5.92. The molecule has 0 amide bonds. The molecule has 29 heavy (non-hydrogen) atoms. The molecule has 0 spiro atoms. The molecule has 0 saturated carbocycles. The van der Waals surface area contributed by atoms with Crippen LogP contribution in [0.1, 0.15) is 12.5 Å². The number of piperazine rings is 1. The molecule has 0 bridgehead atoms. The molecule has 1 fully saturated rings. The number of halogens is 1. The molecule has 3 rings (SSSR count). The Balaban J connectivity index is 0.00000300. The third-order valence-electron chi connectivity index (χ3n) is 4.56. The van der Waals surface area contributed by atoms with Gasteiger partial charge in [0.25, 0.3) is 10.0 Å². The van der Waals surface area contributed by atoms with Crippen molar-refractivity contribution in [3.8, 4) is 5.75 Å². The van der Waals surface area contributed by atoms with E-state index in [-0.39, 0.29) is 17.3 Å². The molecule has 0 aliphatic carbocycles. The van der Waals surface area contributed by atoms with Crippen LogP contribution in [0.15, 0.2) is 47.4 Å². The third kappa shape index (κ3) is 5.76. The van der Waals surface area contributed by atoms with Crippen molar-refractivity contribution in [1.29, 1.82) is 0 Å². The second-order valence-electron chi connectivity index (χ2n) is 6.50. The van der Waals surface area contributed by atoms with Crippen molar-refractivity contribution in [2.75, 3.05) is 49.5 Å². The Morgan fingerprint density at radius 2 is 1.86 bits per heavy atom. The van der Waals surface area contributed by atoms with Gasteiger partial charge in [0.1, 0.15) is 5.75 Å². The number of ether oxygens (including phenoxy) is 2. The lowest BCUT2D eigenvalue weighted by Crippen LogP contribution is -2.43. The monoisotopic (exact) mass is 441 g/mol. The smallest absolute Gasteiger partial charge is 0.261 e. The van der Waals surface area contributed by atoms with Gasteiger partial charge in [-0.1, -0.05) is 18.2 Å². The van der Waals surface area contributed by atoms with E-state index < -0.39 is 10.0 Å². The van der Waals surface area contributed by atoms with Gasteiger partial charge in [-0.15, -0.1) is 12.4 Å². The Morgan fingerprint density at radius 3 is 2.55 bits per heavy atom. The molecule has 2 aromatic carbocycles. The first-order valence-electron chi connectivity index (χ1n) is 9.37. The van der Waals surface area contributed by atoms with Gasteiger partial charge in [0.2, 0.25) is 0 Å². The van der Waals surface area contributed by atoms with Gasteiger partial charge < -0.3 is 19.7 Å². The van der Waals surface area contributed by atoms with Crippen molar-refractivity contribution in [3.05, 3.63) is 48.0 Å². The van der Waals surface area contributed by atoms with E-state index in [1.54, 1.807) is 37.4 Å². The average molecular weight is 442 g/mol. The molecule has 1 heterocycles. The van der Waals surface area contributed by atoms with Gasteiger partial charge in [-0.3, -0.25) is 4.72 Å². The number of sulfonamides is 1. The average Bonchev–Trinajstić information content (AvgIpc) is 2.70. The number of anilines is 2. The molecule has 0 atom stereocenters. The van der Waals surface area contributed by atoms with Crippen LogP contribution in [-0.4, -0.2) is 48.3 Å². The maximum absolute atomic E-state index is 13.0. The highest BCUT2D eigenvalue weighted by atomic mass is 35.5. The standard InChI is InChI=1S/C20H27N3O4S.ClH/c1-3-27-20-9-8-17(14-19(20)23-12-10-21-11-13-23)28(24,25)22-18-7-5-4-6-16(18)15-26-2;/h4-9,14,21-22H,3,10-13,15H2,1-2H3;1H. The second-order valence-corrected chi connectivity index (χ2v) is 8.18. The van der Waals surface area contributed by atoms with Crippen LogP contribution in [0, 0.1) is 0 Å². The first kappa shape index (κ1) is 23.3. The molecule has 0 radical (unpaired) electrons. The summed E-state index contributed by atoms with van der Waals surface area (Å²) in [5.74, 6) is 0.697. The highest BCUT2D eigenvalue weighted by molar-refractivity contribution is 7.92. The maximum atomic E-state index is 13.0. The van der Waals surface area contributed by atoms with Gasteiger partial charge >= 0.3 is 0 Å². The first-order valence-corrected chi connectivity index (χ1v) is 10.9. The molecular formula is C20H28ClN3O4S. The van der Waals surface area contributed by atoms with Crippen LogP contribution in [0.5, 0.6) is 5.75 Å². The number of benzene rings is 2. The Morgan fingerprint density at radius 1 is 1.14 bits per heavy atom. The van der Waals surface area contributed by atoms with E-state index in [1.807, 2.05) is 19.1 Å². The molecule has 0 unspecified atom stereocenters. The van der Waals surface area contributed by atoms with E-state index in [9.17, 15) is 8.42 Å². The Bertz CT molecular complexity index is 902. The first-order chi connectivity index (χ1) is 13.5. The number of para-hydroxylation sites is 1. The van der Waals surface area contributed by atoms with Crippen molar-refractivity contribution in [2.45, 2.75) is 18.4 Å². The lowest BCUT2D eigenvalue weighted by Gasteiger charge is -2.31. The van der Waals surface area contributed by atoms with Crippen molar-refractivity contribution in [1.82, 2.24) is 5.32 Å². The van der Waals surface area contributed by atoms with Crippen molar-refractivity contribution in [3.63, 3.8) is 0 Å². The van der Waals surface area contributed by atoms with Gasteiger partial charge in [-0.25, -0.2) is 8.42 Å². The summed E-state index contributed by atoms with van der Waals surface area (Å²) < 4.78 is 39.7. The fourth-order valence-corrected chi connectivity index (χ4v) is 4.32. The largest absolute Gasteiger partial charge is 0.492 e. The lowest BCUT2D eigenvalue weighted by molar-refractivity contribution is 0.185. The summed E-state index contributed by atoms with van der Waals surface area (Å²) in [5.41, 5.74) is 2.10. The highest BCUT2D eigenvalue weighted by Crippen LogP contribution is 2.32. The number of rotatable bonds is 8. The van der Waals surface area contributed by atoms with Gasteiger partial charge in [0.05, 0.1) is 29.5 Å². The number of hydrogen-bond acceptors (Lipinski definition) is 6. The van der Waals surface area contributed by atoms with Crippen LogP contribution in [0.4, 0.5) is 11.4 Å².